The van der Waals surface area contributed by atoms with Crippen molar-refractivity contribution in [2.24, 2.45) is 11.7 Å². The van der Waals surface area contributed by atoms with Gasteiger partial charge in [0.05, 0.1) is 5.56 Å². The van der Waals surface area contributed by atoms with Gasteiger partial charge in [0.1, 0.15) is 0 Å². The number of rotatable bonds is 2. The number of ether oxygens (including phenoxy) is 1. The van der Waals surface area contributed by atoms with Gasteiger partial charge in [0.2, 0.25) is 0 Å². The van der Waals surface area contributed by atoms with Gasteiger partial charge in [-0.3, -0.25) is 0 Å². The third-order valence-electron chi connectivity index (χ3n) is 3.37. The van der Waals surface area contributed by atoms with Crippen LogP contribution in [0.4, 0.5) is 13.2 Å². The molecule has 100 valence electrons. The fraction of sp³-hybridized carbons (Fsp3) is 0.538. The van der Waals surface area contributed by atoms with E-state index in [-0.39, 0.29) is 12.0 Å². The molecule has 0 amide bonds. The minimum absolute atomic E-state index is 0.197. The molecule has 1 aromatic carbocycles. The first-order valence-corrected chi connectivity index (χ1v) is 5.99. The van der Waals surface area contributed by atoms with E-state index in [0.29, 0.717) is 18.8 Å². The van der Waals surface area contributed by atoms with E-state index < -0.39 is 11.7 Å². The average Bonchev–Trinajstić information content (AvgIpc) is 2.38. The van der Waals surface area contributed by atoms with Gasteiger partial charge in [0, 0.05) is 19.3 Å². The number of halogens is 3. The van der Waals surface area contributed by atoms with Crippen LogP contribution in [0.2, 0.25) is 0 Å². The van der Waals surface area contributed by atoms with E-state index in [1.54, 1.807) is 6.07 Å². The third-order valence-corrected chi connectivity index (χ3v) is 3.37. The molecule has 1 saturated heterocycles. The average molecular weight is 259 g/mol. The molecule has 1 unspecified atom stereocenters. The molecule has 0 spiro atoms. The van der Waals surface area contributed by atoms with Gasteiger partial charge in [0.15, 0.2) is 0 Å². The van der Waals surface area contributed by atoms with E-state index in [0.717, 1.165) is 25.0 Å². The van der Waals surface area contributed by atoms with Gasteiger partial charge in [0.25, 0.3) is 0 Å². The SMILES string of the molecule is NC(c1cccc(C(F)(F)F)c1)C1CCOCC1. The minimum Gasteiger partial charge on any atom is -0.381 e. The summed E-state index contributed by atoms with van der Waals surface area (Å²) in [6, 6.07) is 4.95. The molecular formula is C13H16F3NO. The highest BCUT2D eigenvalue weighted by Gasteiger charge is 2.31. The van der Waals surface area contributed by atoms with E-state index in [1.165, 1.54) is 6.07 Å². The van der Waals surface area contributed by atoms with Crippen LogP contribution in [0.25, 0.3) is 0 Å². The Morgan fingerprint density at radius 1 is 1.22 bits per heavy atom. The van der Waals surface area contributed by atoms with Crippen LogP contribution in [0.15, 0.2) is 24.3 Å². The predicted molar refractivity (Wildman–Crippen MR) is 61.9 cm³/mol. The van der Waals surface area contributed by atoms with Crippen molar-refractivity contribution in [2.75, 3.05) is 13.2 Å². The van der Waals surface area contributed by atoms with Crippen LogP contribution in [0.5, 0.6) is 0 Å². The smallest absolute Gasteiger partial charge is 0.381 e. The van der Waals surface area contributed by atoms with E-state index in [2.05, 4.69) is 0 Å². The standard InChI is InChI=1S/C13H16F3NO/c14-13(15,16)11-3-1-2-10(8-11)12(17)9-4-6-18-7-5-9/h1-3,8-9,12H,4-7,17H2. The molecular weight excluding hydrogens is 243 g/mol. The Hall–Kier alpha value is -1.07. The van der Waals surface area contributed by atoms with Gasteiger partial charge in [-0.15, -0.1) is 0 Å². The summed E-state index contributed by atoms with van der Waals surface area (Å²) in [6.07, 6.45) is -2.71. The number of alkyl halides is 3. The molecule has 0 aliphatic carbocycles. The molecule has 2 rings (SSSR count). The van der Waals surface area contributed by atoms with Crippen LogP contribution in [-0.4, -0.2) is 13.2 Å². The Bertz CT molecular complexity index is 399. The van der Waals surface area contributed by atoms with Gasteiger partial charge in [-0.1, -0.05) is 12.1 Å². The molecule has 0 radical (unpaired) electrons. The summed E-state index contributed by atoms with van der Waals surface area (Å²) in [5, 5.41) is 0. The molecule has 0 saturated carbocycles. The summed E-state index contributed by atoms with van der Waals surface area (Å²) in [5.74, 6) is 0.197. The number of hydrogen-bond donors (Lipinski definition) is 1. The lowest BCUT2D eigenvalue weighted by atomic mass is 9.87. The molecule has 0 aromatic heterocycles. The molecule has 2 N–H and O–H groups in total. The Kier molecular flexibility index (Phi) is 3.92. The van der Waals surface area contributed by atoms with Gasteiger partial charge < -0.3 is 10.5 Å². The first-order chi connectivity index (χ1) is 8.48. The topological polar surface area (TPSA) is 35.2 Å². The Labute approximate surface area is 104 Å². The van der Waals surface area contributed by atoms with Gasteiger partial charge in [-0.05, 0) is 36.5 Å². The van der Waals surface area contributed by atoms with Crippen molar-refractivity contribution in [3.63, 3.8) is 0 Å². The molecule has 1 atom stereocenters. The van der Waals surface area contributed by atoms with Crippen LogP contribution < -0.4 is 5.73 Å². The van der Waals surface area contributed by atoms with Gasteiger partial charge >= 0.3 is 6.18 Å². The summed E-state index contributed by atoms with van der Waals surface area (Å²) in [7, 11) is 0. The zero-order valence-electron chi connectivity index (χ0n) is 9.91. The van der Waals surface area contributed by atoms with E-state index >= 15 is 0 Å². The second kappa shape index (κ2) is 5.28. The van der Waals surface area contributed by atoms with Crippen molar-refractivity contribution < 1.29 is 17.9 Å². The number of benzene rings is 1. The maximum atomic E-state index is 12.6. The lowest BCUT2D eigenvalue weighted by Crippen LogP contribution is -2.27. The molecule has 1 aliphatic rings. The second-order valence-electron chi connectivity index (χ2n) is 4.60. The molecule has 5 heteroatoms. The highest BCUT2D eigenvalue weighted by molar-refractivity contribution is 5.28. The summed E-state index contributed by atoms with van der Waals surface area (Å²) in [5.41, 5.74) is 5.97. The van der Waals surface area contributed by atoms with Crippen LogP contribution in [0.3, 0.4) is 0 Å². The Morgan fingerprint density at radius 2 is 1.89 bits per heavy atom. The van der Waals surface area contributed by atoms with Gasteiger partial charge in [-0.25, -0.2) is 0 Å². The van der Waals surface area contributed by atoms with Crippen molar-refractivity contribution in [1.82, 2.24) is 0 Å². The van der Waals surface area contributed by atoms with Crippen LogP contribution >= 0.6 is 0 Å². The highest BCUT2D eigenvalue weighted by atomic mass is 19.4. The monoisotopic (exact) mass is 259 g/mol. The molecule has 1 aliphatic heterocycles. The van der Waals surface area contributed by atoms with Gasteiger partial charge in [-0.2, -0.15) is 13.2 Å². The largest absolute Gasteiger partial charge is 0.416 e. The van der Waals surface area contributed by atoms with Crippen molar-refractivity contribution in [1.29, 1.82) is 0 Å². The molecule has 1 fully saturated rings. The van der Waals surface area contributed by atoms with Crippen LogP contribution in [0.1, 0.15) is 30.0 Å². The number of hydrogen-bond acceptors (Lipinski definition) is 2. The molecule has 1 heterocycles. The van der Waals surface area contributed by atoms with Crippen molar-refractivity contribution in [3.8, 4) is 0 Å². The number of nitrogens with two attached hydrogens (primary N) is 1. The van der Waals surface area contributed by atoms with E-state index in [1.807, 2.05) is 0 Å². The predicted octanol–water partition coefficient (Wildman–Crippen LogP) is 3.13. The van der Waals surface area contributed by atoms with Crippen LogP contribution in [-0.2, 0) is 10.9 Å². The molecule has 0 bridgehead atoms. The van der Waals surface area contributed by atoms with Crippen molar-refractivity contribution >= 4 is 0 Å². The third kappa shape index (κ3) is 3.03. The van der Waals surface area contributed by atoms with Crippen LogP contribution in [0, 0.1) is 5.92 Å². The molecule has 2 nitrogen and oxygen atoms in total. The zero-order valence-corrected chi connectivity index (χ0v) is 9.91. The molecule has 18 heavy (non-hydrogen) atoms. The normalized spacial score (nSPS) is 19.8. The lowest BCUT2D eigenvalue weighted by Gasteiger charge is -2.28. The van der Waals surface area contributed by atoms with Crippen molar-refractivity contribution in [2.45, 2.75) is 25.1 Å². The minimum atomic E-state index is -4.31. The zero-order chi connectivity index (χ0) is 13.2. The highest BCUT2D eigenvalue weighted by Crippen LogP contribution is 2.33. The summed E-state index contributed by atoms with van der Waals surface area (Å²) in [6.45, 7) is 1.27. The maximum absolute atomic E-state index is 12.6. The summed E-state index contributed by atoms with van der Waals surface area (Å²) >= 11 is 0. The fourth-order valence-corrected chi connectivity index (χ4v) is 2.27. The first kappa shape index (κ1) is 13.4. The Morgan fingerprint density at radius 3 is 2.50 bits per heavy atom. The summed E-state index contributed by atoms with van der Waals surface area (Å²) < 4.78 is 43.1. The summed E-state index contributed by atoms with van der Waals surface area (Å²) in [4.78, 5) is 0. The van der Waals surface area contributed by atoms with Crippen molar-refractivity contribution in [3.05, 3.63) is 35.4 Å². The maximum Gasteiger partial charge on any atom is 0.416 e. The van der Waals surface area contributed by atoms with E-state index in [9.17, 15) is 13.2 Å². The lowest BCUT2D eigenvalue weighted by molar-refractivity contribution is -0.137. The molecule has 1 aromatic rings. The Balaban J connectivity index is 2.17. The first-order valence-electron chi connectivity index (χ1n) is 5.99. The quantitative estimate of drug-likeness (QED) is 0.885. The fourth-order valence-electron chi connectivity index (χ4n) is 2.27. The van der Waals surface area contributed by atoms with E-state index in [4.69, 9.17) is 10.5 Å². The second-order valence-corrected chi connectivity index (χ2v) is 4.60.